The first-order chi connectivity index (χ1) is 12.9. The van der Waals surface area contributed by atoms with Gasteiger partial charge in [-0.3, -0.25) is 9.59 Å². The molecule has 6 heteroatoms. The van der Waals surface area contributed by atoms with Gasteiger partial charge < -0.3 is 9.72 Å². The highest BCUT2D eigenvalue weighted by atomic mass is 32.1. The number of aryl methyl sites for hydroxylation is 2. The predicted octanol–water partition coefficient (Wildman–Crippen LogP) is 4.28. The first-order valence-corrected chi connectivity index (χ1v) is 10.9. The van der Waals surface area contributed by atoms with E-state index in [4.69, 9.17) is 4.74 Å². The van der Waals surface area contributed by atoms with Gasteiger partial charge >= 0.3 is 5.97 Å². The maximum absolute atomic E-state index is 13.0. The molecule has 0 radical (unpaired) electrons. The third kappa shape index (κ3) is 2.75. The lowest BCUT2D eigenvalue weighted by Crippen LogP contribution is -2.48. The van der Waals surface area contributed by atoms with Crippen molar-refractivity contribution in [2.45, 2.75) is 59.0 Å². The van der Waals surface area contributed by atoms with Gasteiger partial charge in [0.15, 0.2) is 11.9 Å². The summed E-state index contributed by atoms with van der Waals surface area (Å²) in [4.78, 5) is 34.7. The van der Waals surface area contributed by atoms with E-state index in [1.807, 2.05) is 20.8 Å². The van der Waals surface area contributed by atoms with Gasteiger partial charge in [0.25, 0.3) is 5.56 Å². The van der Waals surface area contributed by atoms with E-state index < -0.39 is 6.10 Å². The van der Waals surface area contributed by atoms with Crippen molar-refractivity contribution < 1.29 is 9.53 Å². The SMILES string of the molecule is Cc1sc2nc([C@H](C)OC(=O)C3C4CC5CC(C4)CC3C5)[nH]c(=O)c2c1C. The number of nitrogens with zero attached hydrogens (tertiary/aromatic N) is 1. The van der Waals surface area contributed by atoms with Crippen LogP contribution in [0, 0.1) is 43.4 Å². The van der Waals surface area contributed by atoms with E-state index in [0.29, 0.717) is 23.0 Å². The molecule has 1 atom stereocenters. The molecule has 27 heavy (non-hydrogen) atoms. The Morgan fingerprint density at radius 2 is 1.78 bits per heavy atom. The number of nitrogens with one attached hydrogen (secondary N) is 1. The minimum absolute atomic E-state index is 0.0435. The van der Waals surface area contributed by atoms with Crippen LogP contribution < -0.4 is 5.56 Å². The average Bonchev–Trinajstić information content (AvgIpc) is 2.88. The van der Waals surface area contributed by atoms with Crippen LogP contribution in [0.1, 0.15) is 61.4 Å². The molecular formula is C21H26N2O3S. The van der Waals surface area contributed by atoms with Gasteiger partial charge in [-0.05, 0) is 82.1 Å². The largest absolute Gasteiger partial charge is 0.454 e. The lowest BCUT2D eigenvalue weighted by Gasteiger charge is -2.53. The molecule has 4 bridgehead atoms. The van der Waals surface area contributed by atoms with Crippen LogP contribution in [0.2, 0.25) is 0 Å². The van der Waals surface area contributed by atoms with Crippen molar-refractivity contribution in [2.75, 3.05) is 0 Å². The van der Waals surface area contributed by atoms with E-state index >= 15 is 0 Å². The molecule has 4 aliphatic rings. The molecule has 0 amide bonds. The van der Waals surface area contributed by atoms with Crippen molar-refractivity contribution in [2.24, 2.45) is 29.6 Å². The third-order valence-corrected chi connectivity index (χ3v) is 8.34. The Hall–Kier alpha value is -1.69. The number of rotatable bonds is 3. The summed E-state index contributed by atoms with van der Waals surface area (Å²) in [7, 11) is 0. The van der Waals surface area contributed by atoms with E-state index in [0.717, 1.165) is 27.1 Å². The summed E-state index contributed by atoms with van der Waals surface area (Å²) in [5.74, 6) is 3.07. The van der Waals surface area contributed by atoms with E-state index in [-0.39, 0.29) is 17.4 Å². The molecule has 0 aromatic carbocycles. The van der Waals surface area contributed by atoms with Crippen LogP contribution in [0.15, 0.2) is 4.79 Å². The monoisotopic (exact) mass is 386 g/mol. The molecule has 4 saturated carbocycles. The molecule has 6 rings (SSSR count). The fraction of sp³-hybridized carbons (Fsp3) is 0.667. The zero-order valence-corrected chi connectivity index (χ0v) is 16.9. The van der Waals surface area contributed by atoms with Crippen LogP contribution in [0.3, 0.4) is 0 Å². The van der Waals surface area contributed by atoms with Gasteiger partial charge in [-0.2, -0.15) is 0 Å². The maximum Gasteiger partial charge on any atom is 0.310 e. The fourth-order valence-electron chi connectivity index (χ4n) is 6.08. The van der Waals surface area contributed by atoms with E-state index in [1.165, 1.54) is 43.4 Å². The zero-order valence-electron chi connectivity index (χ0n) is 16.1. The van der Waals surface area contributed by atoms with E-state index in [1.54, 1.807) is 0 Å². The molecule has 4 fully saturated rings. The molecule has 0 spiro atoms. The van der Waals surface area contributed by atoms with Gasteiger partial charge in [0, 0.05) is 4.88 Å². The number of thiophene rings is 1. The first-order valence-electron chi connectivity index (χ1n) is 10.1. The summed E-state index contributed by atoms with van der Waals surface area (Å²) in [5, 5.41) is 0.654. The van der Waals surface area contributed by atoms with Crippen molar-refractivity contribution in [3.05, 3.63) is 26.6 Å². The van der Waals surface area contributed by atoms with E-state index in [2.05, 4.69) is 9.97 Å². The number of aromatic amines is 1. The molecule has 144 valence electrons. The van der Waals surface area contributed by atoms with Crippen LogP contribution in [0.5, 0.6) is 0 Å². The highest BCUT2D eigenvalue weighted by molar-refractivity contribution is 7.18. The molecule has 2 aromatic heterocycles. The Morgan fingerprint density at radius 3 is 2.41 bits per heavy atom. The number of ether oxygens (including phenoxy) is 1. The van der Waals surface area contributed by atoms with Crippen molar-refractivity contribution in [3.63, 3.8) is 0 Å². The Bertz CT molecular complexity index is 948. The second-order valence-electron chi connectivity index (χ2n) is 8.95. The Labute approximate surface area is 162 Å². The number of fused-ring (bicyclic) bond motifs is 1. The smallest absolute Gasteiger partial charge is 0.310 e. The standard InChI is InChI=1S/C21H26N2O3S/c1-9-11(3)27-20-16(9)19(24)22-18(23-20)10(2)26-21(25)17-14-5-12-4-13(7-14)8-15(17)6-12/h10,12-15,17H,4-8H2,1-3H3,(H,22,23,24)/t10-,12?,13?,14?,15?,17?/m0/s1. The predicted molar refractivity (Wildman–Crippen MR) is 105 cm³/mol. The normalized spacial score (nSPS) is 32.8. The topological polar surface area (TPSA) is 72.0 Å². The number of carbonyl (C=O) groups is 1. The maximum atomic E-state index is 13.0. The van der Waals surface area contributed by atoms with Crippen LogP contribution in [-0.2, 0) is 9.53 Å². The summed E-state index contributed by atoms with van der Waals surface area (Å²) in [6, 6.07) is 0. The summed E-state index contributed by atoms with van der Waals surface area (Å²) in [5.41, 5.74) is 0.836. The van der Waals surface area contributed by atoms with Gasteiger partial charge in [-0.15, -0.1) is 11.3 Å². The van der Waals surface area contributed by atoms with Crippen molar-refractivity contribution in [1.29, 1.82) is 0 Å². The van der Waals surface area contributed by atoms with Crippen LogP contribution in [0.25, 0.3) is 10.2 Å². The Balaban J connectivity index is 1.37. The number of H-pyrrole nitrogens is 1. The minimum atomic E-state index is -0.533. The molecule has 1 N–H and O–H groups in total. The highest BCUT2D eigenvalue weighted by Gasteiger charge is 2.51. The van der Waals surface area contributed by atoms with Gasteiger partial charge in [0.05, 0.1) is 11.3 Å². The Morgan fingerprint density at radius 1 is 1.15 bits per heavy atom. The summed E-state index contributed by atoms with van der Waals surface area (Å²) in [6.45, 7) is 5.75. The average molecular weight is 387 g/mol. The molecule has 2 heterocycles. The molecule has 4 aliphatic carbocycles. The van der Waals surface area contributed by atoms with Crippen molar-refractivity contribution in [3.8, 4) is 0 Å². The molecule has 0 aliphatic heterocycles. The lowest BCUT2D eigenvalue weighted by atomic mass is 9.52. The van der Waals surface area contributed by atoms with E-state index in [9.17, 15) is 9.59 Å². The number of hydrogen-bond donors (Lipinski definition) is 1. The fourth-order valence-corrected chi connectivity index (χ4v) is 7.12. The zero-order chi connectivity index (χ0) is 18.9. The molecular weight excluding hydrogens is 360 g/mol. The van der Waals surface area contributed by atoms with Crippen LogP contribution in [0.4, 0.5) is 0 Å². The van der Waals surface area contributed by atoms with Gasteiger partial charge in [0.1, 0.15) is 4.83 Å². The lowest BCUT2D eigenvalue weighted by molar-refractivity contribution is -0.167. The van der Waals surface area contributed by atoms with Gasteiger partial charge in [0.2, 0.25) is 0 Å². The third-order valence-electron chi connectivity index (χ3n) is 7.23. The van der Waals surface area contributed by atoms with Crippen LogP contribution in [-0.4, -0.2) is 15.9 Å². The first kappa shape index (κ1) is 17.4. The van der Waals surface area contributed by atoms with Gasteiger partial charge in [-0.1, -0.05) is 0 Å². The number of aromatic nitrogens is 2. The van der Waals surface area contributed by atoms with Crippen LogP contribution >= 0.6 is 11.3 Å². The second kappa shape index (κ2) is 6.16. The summed E-state index contributed by atoms with van der Waals surface area (Å²) < 4.78 is 5.84. The number of esters is 1. The summed E-state index contributed by atoms with van der Waals surface area (Å²) in [6.07, 6.45) is 5.60. The molecule has 0 unspecified atom stereocenters. The van der Waals surface area contributed by atoms with Gasteiger partial charge in [-0.25, -0.2) is 4.98 Å². The Kier molecular flexibility index (Phi) is 3.97. The second-order valence-corrected chi connectivity index (χ2v) is 10.2. The molecule has 0 saturated heterocycles. The minimum Gasteiger partial charge on any atom is -0.454 e. The summed E-state index contributed by atoms with van der Waals surface area (Å²) >= 11 is 1.52. The molecule has 5 nitrogen and oxygen atoms in total. The van der Waals surface area contributed by atoms with Crippen molar-refractivity contribution >= 4 is 27.5 Å². The highest BCUT2D eigenvalue weighted by Crippen LogP contribution is 2.56. The van der Waals surface area contributed by atoms with Crippen molar-refractivity contribution in [1.82, 2.24) is 9.97 Å². The quantitative estimate of drug-likeness (QED) is 0.799. The number of carbonyl (C=O) groups excluding carboxylic acids is 1. The molecule has 2 aromatic rings. The number of hydrogen-bond acceptors (Lipinski definition) is 5.